The summed E-state index contributed by atoms with van der Waals surface area (Å²) in [7, 11) is 0.407. The van der Waals surface area contributed by atoms with Crippen molar-refractivity contribution in [3.8, 4) is 0 Å². The van der Waals surface area contributed by atoms with Crippen molar-refractivity contribution in [2.75, 3.05) is 14.3 Å². The Morgan fingerprint density at radius 1 is 0.778 bits per heavy atom. The van der Waals surface area contributed by atoms with E-state index in [1.54, 1.807) is 27.7 Å². The molecule has 0 fully saturated rings. The molecule has 0 saturated heterocycles. The molecule has 8 heteroatoms. The number of rotatable bonds is 10. The van der Waals surface area contributed by atoms with Gasteiger partial charge in [-0.05, 0) is 30.6 Å². The summed E-state index contributed by atoms with van der Waals surface area (Å²) in [6, 6.07) is 0. The van der Waals surface area contributed by atoms with Crippen molar-refractivity contribution in [3.05, 3.63) is 0 Å². The van der Waals surface area contributed by atoms with Gasteiger partial charge in [-0.25, -0.2) is 0 Å². The Balaban J connectivity index is -0.0000000872. The van der Waals surface area contributed by atoms with Crippen molar-refractivity contribution in [3.63, 3.8) is 0 Å². The molecule has 0 heterocycles. The molecule has 0 rings (SSSR count). The van der Waals surface area contributed by atoms with Crippen LogP contribution in [0, 0.1) is 23.7 Å². The number of esters is 1. The van der Waals surface area contributed by atoms with Gasteiger partial charge in [0.1, 0.15) is 17.3 Å². The van der Waals surface area contributed by atoms with Crippen LogP contribution in [0.25, 0.3) is 0 Å². The maximum absolute atomic E-state index is 11.2. The van der Waals surface area contributed by atoms with Crippen molar-refractivity contribution in [2.24, 2.45) is 23.7 Å². The summed E-state index contributed by atoms with van der Waals surface area (Å²) in [6.07, 6.45) is 2.44. The topological polar surface area (TPSA) is 101 Å². The van der Waals surface area contributed by atoms with E-state index < -0.39 is 12.8 Å². The number of halogens is 1. The van der Waals surface area contributed by atoms with Crippen LogP contribution >= 0.6 is 0 Å². The quantitative estimate of drug-likeness (QED) is 0.237. The fourth-order valence-electron chi connectivity index (χ4n) is 2.27. The average molecular weight is 548 g/mol. The van der Waals surface area contributed by atoms with Crippen molar-refractivity contribution in [2.45, 2.75) is 121 Å². The van der Waals surface area contributed by atoms with Crippen LogP contribution in [0.4, 0.5) is 4.39 Å². The van der Waals surface area contributed by atoms with Gasteiger partial charge in [0.25, 0.3) is 0 Å². The van der Waals surface area contributed by atoms with Crippen molar-refractivity contribution >= 4 is 23.3 Å². The second kappa shape index (κ2) is 31.2. The molecular weight excluding hydrogens is 490 g/mol. The third-order valence-electron chi connectivity index (χ3n) is 3.16. The fourth-order valence-corrected chi connectivity index (χ4v) is 2.27. The molecule has 0 amide bonds. The molecule has 0 spiro atoms. The van der Waals surface area contributed by atoms with E-state index in [1.807, 2.05) is 55.4 Å². The van der Waals surface area contributed by atoms with E-state index in [0.717, 1.165) is 6.42 Å². The number of carbonyl (C=O) groups excluding carboxylic acids is 4. The maximum atomic E-state index is 11.2. The summed E-state index contributed by atoms with van der Waals surface area (Å²) in [5.74, 6) is 1.98. The minimum absolute atomic E-state index is 0. The van der Waals surface area contributed by atoms with Crippen LogP contribution in [0.2, 0.25) is 0 Å². The first-order chi connectivity index (χ1) is 16.1. The molecule has 0 aromatic carbocycles. The summed E-state index contributed by atoms with van der Waals surface area (Å²) in [4.78, 5) is 43.1. The zero-order valence-corrected chi connectivity index (χ0v) is 29.0. The van der Waals surface area contributed by atoms with Crippen LogP contribution in [0.15, 0.2) is 0 Å². The first-order valence-corrected chi connectivity index (χ1v) is 12.3. The minimum atomic E-state index is -1.00. The standard InChI is InChI=1S/C11H20O2.C6H12O2.C6H12O.C4H9O.CH3F.K/c1-8(2)5-10(12)7-11(13)6-9(3)4;1-5(2)4-6(7)8-3;1-5(2)4-6(3)7;1-4(2,3)5;1-2;/h8-9H,5-7H2,1-4H3;5H,4H2,1-3H3;5H,4H2,1-3H3;1-3H3;1H3;/q;;;-1;;+1/i;;;;1D;. The minimum Gasteiger partial charge on any atom is -0.850 e. The Bertz CT molecular complexity index is 533. The third kappa shape index (κ3) is 76.5. The molecule has 212 valence electrons. The van der Waals surface area contributed by atoms with Crippen LogP contribution in [-0.2, 0) is 23.9 Å². The number of alkyl halides is 1. The molecule has 0 unspecified atom stereocenters. The van der Waals surface area contributed by atoms with E-state index in [2.05, 4.69) is 4.74 Å². The second-order valence-corrected chi connectivity index (χ2v) is 11.0. The number of ether oxygens (including phenoxy) is 1. The predicted molar refractivity (Wildman–Crippen MR) is 142 cm³/mol. The number of hydrogen-bond acceptors (Lipinski definition) is 6. The van der Waals surface area contributed by atoms with Crippen LogP contribution in [0.3, 0.4) is 0 Å². The molecule has 0 aromatic rings. The predicted octanol–water partition coefficient (Wildman–Crippen LogP) is 3.17. The Kier molecular flexibility index (Phi) is 39.8. The molecule has 36 heavy (non-hydrogen) atoms. The smallest absolute Gasteiger partial charge is 0.850 e. The maximum Gasteiger partial charge on any atom is 1.00 e. The fraction of sp³-hybridized carbons (Fsp3) is 0.857. The molecule has 0 aliphatic heterocycles. The van der Waals surface area contributed by atoms with Crippen molar-refractivity contribution in [1.82, 2.24) is 0 Å². The van der Waals surface area contributed by atoms with E-state index in [0.29, 0.717) is 42.9 Å². The first-order valence-electron chi connectivity index (χ1n) is 13.0. The van der Waals surface area contributed by atoms with Gasteiger partial charge in [0.15, 0.2) is 0 Å². The second-order valence-electron chi connectivity index (χ2n) is 11.0. The molecule has 0 N–H and O–H groups in total. The van der Waals surface area contributed by atoms with Gasteiger partial charge in [-0.15, -0.1) is 5.60 Å². The van der Waals surface area contributed by atoms with Gasteiger partial charge in [0, 0.05) is 25.7 Å². The monoisotopic (exact) mass is 547 g/mol. The largest absolute Gasteiger partial charge is 1.00 e. The van der Waals surface area contributed by atoms with Crippen LogP contribution in [-0.4, -0.2) is 43.2 Å². The van der Waals surface area contributed by atoms with Crippen LogP contribution in [0.5, 0.6) is 0 Å². The summed E-state index contributed by atoms with van der Waals surface area (Å²) in [5, 5.41) is 10.1. The summed E-state index contributed by atoms with van der Waals surface area (Å²) < 4.78 is 19.9. The third-order valence-corrected chi connectivity index (χ3v) is 3.16. The summed E-state index contributed by atoms with van der Waals surface area (Å²) in [5.41, 5.74) is -0.750. The molecule has 0 radical (unpaired) electrons. The molecular formula is C28H56FKO6. The van der Waals surface area contributed by atoms with Gasteiger partial charge in [0.05, 0.1) is 22.1 Å². The Morgan fingerprint density at radius 3 is 1.14 bits per heavy atom. The number of ketones is 3. The molecule has 0 atom stereocenters. The number of Topliss-reactive ketones (excluding diaryl/α,β-unsaturated/α-hetero) is 3. The van der Waals surface area contributed by atoms with E-state index in [4.69, 9.17) is 1.37 Å². The van der Waals surface area contributed by atoms with Gasteiger partial charge in [0.2, 0.25) is 0 Å². The van der Waals surface area contributed by atoms with Gasteiger partial charge in [-0.1, -0.05) is 76.2 Å². The normalized spacial score (nSPS) is 10.1. The molecule has 0 aliphatic rings. The molecule has 6 nitrogen and oxygen atoms in total. The molecule has 0 aromatic heterocycles. The van der Waals surface area contributed by atoms with Crippen LogP contribution < -0.4 is 56.5 Å². The Hall–Kier alpha value is 0.00636. The Labute approximate surface area is 266 Å². The molecule has 0 bridgehead atoms. The van der Waals surface area contributed by atoms with Gasteiger partial charge in [-0.2, -0.15) is 0 Å². The molecule has 0 saturated carbocycles. The van der Waals surface area contributed by atoms with Gasteiger partial charge in [-0.3, -0.25) is 18.8 Å². The Morgan fingerprint density at radius 2 is 1.03 bits per heavy atom. The zero-order valence-electron chi connectivity index (χ0n) is 26.9. The van der Waals surface area contributed by atoms with Gasteiger partial charge < -0.3 is 14.6 Å². The zero-order chi connectivity index (χ0) is 30.1. The van der Waals surface area contributed by atoms with E-state index in [1.165, 1.54) is 7.11 Å². The number of methoxy groups -OCH3 is 1. The van der Waals surface area contributed by atoms with E-state index in [9.17, 15) is 28.7 Å². The number of hydrogen-bond donors (Lipinski definition) is 0. The first kappa shape index (κ1) is 45.9. The molecule has 0 aliphatic carbocycles. The van der Waals surface area contributed by atoms with Crippen LogP contribution in [0.1, 0.15) is 117 Å². The van der Waals surface area contributed by atoms with Crippen molar-refractivity contribution < 1.29 is 86.2 Å². The van der Waals surface area contributed by atoms with E-state index in [-0.39, 0.29) is 81.1 Å². The van der Waals surface area contributed by atoms with Gasteiger partial charge >= 0.3 is 57.4 Å². The summed E-state index contributed by atoms with van der Waals surface area (Å²) >= 11 is 0. The SMILES string of the molecule is CC(=O)CC(C)C.CC(C)(C)[O-].CC(C)CC(=O)CC(=O)CC(C)C.COC(=O)CC(C)C.[2H]CF.[K+]. The summed E-state index contributed by atoms with van der Waals surface area (Å²) in [6.45, 7) is 22.5. The van der Waals surface area contributed by atoms with Crippen molar-refractivity contribution in [1.29, 1.82) is 0 Å². The average Bonchev–Trinajstić information content (AvgIpc) is 2.58. The van der Waals surface area contributed by atoms with E-state index >= 15 is 0 Å². The number of carbonyl (C=O) groups is 4.